The van der Waals surface area contributed by atoms with Gasteiger partial charge in [0.1, 0.15) is 5.82 Å². The van der Waals surface area contributed by atoms with Crippen molar-refractivity contribution in [1.29, 1.82) is 0 Å². The molecule has 32 heavy (non-hydrogen) atoms. The molecule has 2 heterocycles. The van der Waals surface area contributed by atoms with E-state index in [0.717, 1.165) is 17.4 Å². The van der Waals surface area contributed by atoms with Crippen molar-refractivity contribution in [3.05, 3.63) is 64.6 Å². The first-order valence-corrected chi connectivity index (χ1v) is 10.0. The van der Waals surface area contributed by atoms with Crippen molar-refractivity contribution in [3.8, 4) is 16.8 Å². The Kier molecular flexibility index (Phi) is 8.27. The fourth-order valence-corrected chi connectivity index (χ4v) is 2.99. The Balaban J connectivity index is 0.00000114. The summed E-state index contributed by atoms with van der Waals surface area (Å²) < 4.78 is 32.6. The molecule has 0 aliphatic carbocycles. The van der Waals surface area contributed by atoms with Crippen LogP contribution in [0.2, 0.25) is 0 Å². The maximum absolute atomic E-state index is 14.8. The number of nitrogens with zero attached hydrogens (tertiary/aromatic N) is 4. The van der Waals surface area contributed by atoms with E-state index in [1.165, 1.54) is 15.4 Å². The number of hydrogen-bond acceptors (Lipinski definition) is 7. The van der Waals surface area contributed by atoms with E-state index < -0.39 is 28.7 Å². The van der Waals surface area contributed by atoms with Gasteiger partial charge in [-0.3, -0.25) is 14.8 Å². The van der Waals surface area contributed by atoms with Crippen molar-refractivity contribution in [2.45, 2.75) is 33.7 Å². The zero-order chi connectivity index (χ0) is 23.9. The van der Waals surface area contributed by atoms with E-state index in [4.69, 9.17) is 13.6 Å². The number of hydroxylamine groups is 1. The Labute approximate surface area is 186 Å². The monoisotopic (exact) mass is 463 g/mol. The van der Waals surface area contributed by atoms with Gasteiger partial charge in [-0.05, 0) is 36.6 Å². The van der Waals surface area contributed by atoms with Crippen LogP contribution in [0.3, 0.4) is 0 Å². The number of carbonyl (C=O) groups excluding carboxylic acids is 1. The van der Waals surface area contributed by atoms with E-state index in [0.29, 0.717) is 5.56 Å². The fraction of sp³-hybridized carbons (Fsp3) is 0.300. The minimum absolute atomic E-state index is 0.138. The van der Waals surface area contributed by atoms with E-state index in [1.54, 1.807) is 49.9 Å². The summed E-state index contributed by atoms with van der Waals surface area (Å²) in [6, 6.07) is 6.50. The molecule has 170 valence electrons. The highest BCUT2D eigenvalue weighted by molar-refractivity contribution is 7.51. The number of rotatable bonds is 6. The number of nitrogens with one attached hydrogen (secondary N) is 1. The Bertz CT molecular complexity index is 1190. The summed E-state index contributed by atoms with van der Waals surface area (Å²) >= 11 is -0.750. The van der Waals surface area contributed by atoms with Crippen molar-refractivity contribution in [1.82, 2.24) is 25.0 Å². The first-order valence-electron chi connectivity index (χ1n) is 9.38. The average Bonchev–Trinajstić information content (AvgIpc) is 3.28. The Morgan fingerprint density at radius 1 is 1.22 bits per heavy atom. The maximum Gasteiger partial charge on any atom is 0.335 e. The van der Waals surface area contributed by atoms with E-state index in [-0.39, 0.29) is 24.1 Å². The molecule has 0 fully saturated rings. The molecule has 3 rings (SSSR count). The van der Waals surface area contributed by atoms with Crippen LogP contribution < -0.4 is 11.0 Å². The van der Waals surface area contributed by atoms with Crippen molar-refractivity contribution >= 4 is 17.5 Å². The van der Waals surface area contributed by atoms with Gasteiger partial charge < -0.3 is 4.57 Å². The summed E-state index contributed by atoms with van der Waals surface area (Å²) in [5.41, 5.74) is 2.68. The number of pyridine rings is 1. The van der Waals surface area contributed by atoms with Gasteiger partial charge in [-0.2, -0.15) is 23.4 Å². The lowest BCUT2D eigenvalue weighted by atomic mass is 9.88. The van der Waals surface area contributed by atoms with Crippen molar-refractivity contribution in [2.24, 2.45) is 5.41 Å². The molecular formula is C20H22FN5O5S. The van der Waals surface area contributed by atoms with Gasteiger partial charge in [-0.25, -0.2) is 9.87 Å². The van der Waals surface area contributed by atoms with Crippen molar-refractivity contribution in [2.75, 3.05) is 0 Å². The third kappa shape index (κ3) is 5.80. The molecule has 10 nitrogen and oxygen atoms in total. The highest BCUT2D eigenvalue weighted by Crippen LogP contribution is 2.26. The van der Waals surface area contributed by atoms with Crippen LogP contribution in [0.5, 0.6) is 0 Å². The molecule has 0 aliphatic rings. The van der Waals surface area contributed by atoms with Crippen LogP contribution in [0.4, 0.5) is 4.39 Å². The Morgan fingerprint density at radius 3 is 2.41 bits per heavy atom. The lowest BCUT2D eigenvalue weighted by molar-refractivity contribution is -0.138. The average molecular weight is 463 g/mol. The van der Waals surface area contributed by atoms with Gasteiger partial charge in [0.15, 0.2) is 0 Å². The van der Waals surface area contributed by atoms with Crippen LogP contribution >= 0.6 is 0 Å². The lowest BCUT2D eigenvalue weighted by Gasteiger charge is -2.22. The molecule has 0 aliphatic heterocycles. The molecule has 0 spiro atoms. The molecule has 2 N–H and O–H groups in total. The second kappa shape index (κ2) is 10.7. The zero-order valence-electron chi connectivity index (χ0n) is 17.6. The number of aryl methyl sites for hydroxylation is 2. The topological polar surface area (TPSA) is 136 Å². The summed E-state index contributed by atoms with van der Waals surface area (Å²) in [7, 11) is 0. The standard InChI is InChI=1S/C20H22FN5O3.O2S/c1-13-10-14(4-5-17(13)26-22-7-8-23-26)15-11-18(27)25(12-16(15)21)9-6-20(2,3)19(28)24-29;1-3-2/h4-5,7-8,10-12,29H,6,9H2,1-3H3,(H,24,28);. The maximum atomic E-state index is 14.8. The van der Waals surface area contributed by atoms with Crippen LogP contribution in [0.15, 0.2) is 47.7 Å². The zero-order valence-corrected chi connectivity index (χ0v) is 18.4. The number of amides is 1. The van der Waals surface area contributed by atoms with Crippen LogP contribution in [-0.4, -0.2) is 39.1 Å². The van der Waals surface area contributed by atoms with Crippen molar-refractivity contribution < 1.29 is 22.8 Å². The van der Waals surface area contributed by atoms with Crippen LogP contribution in [0.25, 0.3) is 16.8 Å². The summed E-state index contributed by atoms with van der Waals surface area (Å²) in [4.78, 5) is 25.6. The van der Waals surface area contributed by atoms with Crippen LogP contribution in [0, 0.1) is 18.2 Å². The number of benzene rings is 1. The van der Waals surface area contributed by atoms with Gasteiger partial charge in [0.25, 0.3) is 5.56 Å². The van der Waals surface area contributed by atoms with E-state index in [1.807, 2.05) is 6.92 Å². The predicted octanol–water partition coefficient (Wildman–Crippen LogP) is 1.80. The van der Waals surface area contributed by atoms with E-state index in [2.05, 4.69) is 10.2 Å². The van der Waals surface area contributed by atoms with E-state index >= 15 is 0 Å². The highest BCUT2D eigenvalue weighted by atomic mass is 32.1. The minimum atomic E-state index is -0.906. The Hall–Kier alpha value is -3.51. The smallest absolute Gasteiger partial charge is 0.313 e. The summed E-state index contributed by atoms with van der Waals surface area (Å²) in [6.07, 6.45) is 4.53. The number of carbonyl (C=O) groups is 1. The molecule has 0 bridgehead atoms. The molecule has 1 amide bonds. The molecule has 1 aromatic carbocycles. The number of aromatic nitrogens is 4. The normalized spacial score (nSPS) is 10.8. The van der Waals surface area contributed by atoms with Gasteiger partial charge in [0.05, 0.1) is 18.1 Å². The fourth-order valence-electron chi connectivity index (χ4n) is 2.99. The molecule has 0 atom stereocenters. The third-order valence-electron chi connectivity index (χ3n) is 4.91. The van der Waals surface area contributed by atoms with Crippen LogP contribution in [0.1, 0.15) is 25.8 Å². The van der Waals surface area contributed by atoms with Gasteiger partial charge >= 0.3 is 11.6 Å². The molecule has 0 saturated heterocycles. The SMILES string of the molecule is Cc1cc(-c2cc(=O)n(CCC(C)(C)C(=O)NO)cc2F)ccc1-n1nccn1.O=S=O. The molecule has 0 saturated carbocycles. The van der Waals surface area contributed by atoms with Crippen LogP contribution in [-0.2, 0) is 22.9 Å². The molecule has 2 aromatic heterocycles. The first kappa shape index (κ1) is 24.8. The summed E-state index contributed by atoms with van der Waals surface area (Å²) in [5.74, 6) is -1.11. The van der Waals surface area contributed by atoms with E-state index in [9.17, 15) is 14.0 Å². The quantitative estimate of drug-likeness (QED) is 0.420. The molecule has 0 unspecified atom stereocenters. The minimum Gasteiger partial charge on any atom is -0.313 e. The number of halogens is 1. The molecule has 12 heteroatoms. The van der Waals surface area contributed by atoms with Crippen molar-refractivity contribution in [3.63, 3.8) is 0 Å². The predicted molar refractivity (Wildman–Crippen MR) is 113 cm³/mol. The van der Waals surface area contributed by atoms with Gasteiger partial charge in [0, 0.05) is 29.8 Å². The second-order valence-corrected chi connectivity index (χ2v) is 7.67. The molecule has 0 radical (unpaired) electrons. The number of hydrogen-bond donors (Lipinski definition) is 2. The summed E-state index contributed by atoms with van der Waals surface area (Å²) in [5, 5.41) is 17.0. The highest BCUT2D eigenvalue weighted by Gasteiger charge is 2.27. The largest absolute Gasteiger partial charge is 0.335 e. The van der Waals surface area contributed by atoms with Gasteiger partial charge in [-0.1, -0.05) is 19.9 Å². The second-order valence-electron chi connectivity index (χ2n) is 7.53. The summed E-state index contributed by atoms with van der Waals surface area (Å²) in [6.45, 7) is 5.26. The lowest BCUT2D eigenvalue weighted by Crippen LogP contribution is -2.36. The third-order valence-corrected chi connectivity index (χ3v) is 4.91. The Morgan fingerprint density at radius 2 is 1.84 bits per heavy atom. The molecule has 3 aromatic rings. The first-order chi connectivity index (χ1) is 15.1. The molecular weight excluding hydrogens is 441 g/mol. The van der Waals surface area contributed by atoms with Gasteiger partial charge in [-0.15, -0.1) is 0 Å². The van der Waals surface area contributed by atoms with Gasteiger partial charge in [0.2, 0.25) is 5.91 Å².